The lowest BCUT2D eigenvalue weighted by Gasteiger charge is -2.36. The van der Waals surface area contributed by atoms with Gasteiger partial charge in [-0.25, -0.2) is 0 Å². The maximum Gasteiger partial charge on any atom is 0.0540 e. The van der Waals surface area contributed by atoms with Crippen LogP contribution in [0, 0.1) is 11.3 Å². The molecule has 0 aliphatic heterocycles. The first-order valence-corrected chi connectivity index (χ1v) is 6.62. The van der Waals surface area contributed by atoms with Crippen molar-refractivity contribution in [3.63, 3.8) is 0 Å². The lowest BCUT2D eigenvalue weighted by atomic mass is 9.74. The van der Waals surface area contributed by atoms with Crippen molar-refractivity contribution in [1.29, 1.82) is 0 Å². The van der Waals surface area contributed by atoms with Gasteiger partial charge in [0.1, 0.15) is 0 Å². The third kappa shape index (κ3) is 5.31. The van der Waals surface area contributed by atoms with Crippen molar-refractivity contribution < 1.29 is 9.47 Å². The van der Waals surface area contributed by atoms with E-state index >= 15 is 0 Å². The average molecular weight is 230 g/mol. The molecule has 16 heavy (non-hydrogen) atoms. The van der Waals surface area contributed by atoms with Gasteiger partial charge in [0.2, 0.25) is 0 Å². The Morgan fingerprint density at radius 2 is 1.56 bits per heavy atom. The van der Waals surface area contributed by atoms with Gasteiger partial charge in [0, 0.05) is 19.6 Å². The summed E-state index contributed by atoms with van der Waals surface area (Å²) < 4.78 is 10.7. The molecule has 0 bridgehead atoms. The van der Waals surface area contributed by atoms with Crippen molar-refractivity contribution in [2.75, 3.05) is 27.4 Å². The summed E-state index contributed by atoms with van der Waals surface area (Å²) in [5.41, 5.74) is 0.173. The van der Waals surface area contributed by atoms with Crippen molar-refractivity contribution in [3.8, 4) is 0 Å². The second kappa shape index (κ2) is 9.00. The molecule has 0 aliphatic rings. The summed E-state index contributed by atoms with van der Waals surface area (Å²) in [5.74, 6) is 0.707. The predicted molar refractivity (Wildman–Crippen MR) is 69.8 cm³/mol. The van der Waals surface area contributed by atoms with Gasteiger partial charge < -0.3 is 9.47 Å². The van der Waals surface area contributed by atoms with E-state index in [0.29, 0.717) is 5.92 Å². The molecule has 0 heterocycles. The molecule has 2 heteroatoms. The van der Waals surface area contributed by atoms with Crippen LogP contribution in [0.4, 0.5) is 0 Å². The van der Waals surface area contributed by atoms with Crippen molar-refractivity contribution in [1.82, 2.24) is 0 Å². The topological polar surface area (TPSA) is 18.5 Å². The lowest BCUT2D eigenvalue weighted by molar-refractivity contribution is -0.0217. The highest BCUT2D eigenvalue weighted by Crippen LogP contribution is 2.34. The molecule has 0 amide bonds. The maximum absolute atomic E-state index is 5.37. The zero-order valence-electron chi connectivity index (χ0n) is 11.8. The molecule has 98 valence electrons. The first-order chi connectivity index (χ1) is 7.64. The van der Waals surface area contributed by atoms with E-state index in [4.69, 9.17) is 9.47 Å². The van der Waals surface area contributed by atoms with Gasteiger partial charge in [-0.15, -0.1) is 0 Å². The number of methoxy groups -OCH3 is 2. The molecule has 2 nitrogen and oxygen atoms in total. The van der Waals surface area contributed by atoms with Crippen LogP contribution in [0.5, 0.6) is 0 Å². The van der Waals surface area contributed by atoms with Gasteiger partial charge in [0.15, 0.2) is 0 Å². The minimum atomic E-state index is 0.173. The van der Waals surface area contributed by atoms with Crippen LogP contribution in [-0.2, 0) is 9.47 Å². The molecule has 1 unspecified atom stereocenters. The van der Waals surface area contributed by atoms with Gasteiger partial charge >= 0.3 is 0 Å². The van der Waals surface area contributed by atoms with E-state index in [2.05, 4.69) is 20.8 Å². The zero-order chi connectivity index (χ0) is 12.4. The minimum Gasteiger partial charge on any atom is -0.384 e. The molecule has 0 saturated carbocycles. The summed E-state index contributed by atoms with van der Waals surface area (Å²) in [5, 5.41) is 0. The fraction of sp³-hybridized carbons (Fsp3) is 1.00. The first kappa shape index (κ1) is 15.9. The van der Waals surface area contributed by atoms with Crippen LogP contribution >= 0.6 is 0 Å². The second-order valence-corrected chi connectivity index (χ2v) is 5.12. The SMILES string of the molecule is CCCCCC(CC)C(C)(COC)COC. The molecule has 1 atom stereocenters. The molecule has 0 aromatic heterocycles. The summed E-state index contributed by atoms with van der Waals surface area (Å²) in [7, 11) is 3.57. The Kier molecular flexibility index (Phi) is 8.96. The zero-order valence-corrected chi connectivity index (χ0v) is 11.8. The second-order valence-electron chi connectivity index (χ2n) is 5.12. The van der Waals surface area contributed by atoms with E-state index in [0.717, 1.165) is 13.2 Å². The molecule has 0 aromatic carbocycles. The molecule has 0 fully saturated rings. The van der Waals surface area contributed by atoms with Crippen LogP contribution in [0.15, 0.2) is 0 Å². The van der Waals surface area contributed by atoms with Gasteiger partial charge in [-0.3, -0.25) is 0 Å². The molecule has 0 saturated heterocycles. The van der Waals surface area contributed by atoms with Crippen molar-refractivity contribution >= 4 is 0 Å². The third-order valence-electron chi connectivity index (χ3n) is 3.58. The van der Waals surface area contributed by atoms with Crippen LogP contribution in [0.2, 0.25) is 0 Å². The summed E-state index contributed by atoms with van der Waals surface area (Å²) >= 11 is 0. The molecular formula is C14H30O2. The van der Waals surface area contributed by atoms with Crippen molar-refractivity contribution in [2.24, 2.45) is 11.3 Å². The number of hydrogen-bond donors (Lipinski definition) is 0. The van der Waals surface area contributed by atoms with Crippen LogP contribution in [0.1, 0.15) is 52.9 Å². The Bertz CT molecular complexity index is 151. The van der Waals surface area contributed by atoms with E-state index in [1.807, 2.05) is 0 Å². The van der Waals surface area contributed by atoms with Crippen LogP contribution in [0.25, 0.3) is 0 Å². The Morgan fingerprint density at radius 1 is 1.00 bits per heavy atom. The van der Waals surface area contributed by atoms with Crippen LogP contribution in [-0.4, -0.2) is 27.4 Å². The number of hydrogen-bond acceptors (Lipinski definition) is 2. The Hall–Kier alpha value is -0.0800. The molecule has 0 aromatic rings. The standard InChI is InChI=1S/C14H30O2/c1-6-8-9-10-13(7-2)14(3,11-15-4)12-16-5/h13H,6-12H2,1-5H3. The molecule has 0 rings (SSSR count). The summed E-state index contributed by atoms with van der Waals surface area (Å²) in [6.07, 6.45) is 6.48. The van der Waals surface area contributed by atoms with Crippen LogP contribution < -0.4 is 0 Å². The quantitative estimate of drug-likeness (QED) is 0.530. The van der Waals surface area contributed by atoms with E-state index in [-0.39, 0.29) is 5.41 Å². The van der Waals surface area contributed by atoms with Crippen molar-refractivity contribution in [2.45, 2.75) is 52.9 Å². The lowest BCUT2D eigenvalue weighted by Crippen LogP contribution is -2.36. The smallest absolute Gasteiger partial charge is 0.0540 e. The van der Waals surface area contributed by atoms with E-state index in [1.165, 1.54) is 32.1 Å². The summed E-state index contributed by atoms with van der Waals surface area (Å²) in [6, 6.07) is 0. The molecule has 0 N–H and O–H groups in total. The largest absolute Gasteiger partial charge is 0.384 e. The highest BCUT2D eigenvalue weighted by atomic mass is 16.5. The van der Waals surface area contributed by atoms with E-state index in [9.17, 15) is 0 Å². The van der Waals surface area contributed by atoms with Gasteiger partial charge in [-0.1, -0.05) is 46.5 Å². The predicted octanol–water partition coefficient (Wildman–Crippen LogP) is 3.89. The summed E-state index contributed by atoms with van der Waals surface area (Å²) in [6.45, 7) is 8.42. The fourth-order valence-corrected chi connectivity index (χ4v) is 2.62. The van der Waals surface area contributed by atoms with E-state index in [1.54, 1.807) is 14.2 Å². The first-order valence-electron chi connectivity index (χ1n) is 6.62. The van der Waals surface area contributed by atoms with Gasteiger partial charge in [0.25, 0.3) is 0 Å². The Morgan fingerprint density at radius 3 is 1.94 bits per heavy atom. The normalized spacial score (nSPS) is 14.1. The van der Waals surface area contributed by atoms with Gasteiger partial charge in [-0.05, 0) is 12.3 Å². The number of rotatable bonds is 10. The maximum atomic E-state index is 5.37. The highest BCUT2D eigenvalue weighted by molar-refractivity contribution is 4.81. The Balaban J connectivity index is 4.32. The number of ether oxygens (including phenoxy) is 2. The third-order valence-corrected chi connectivity index (χ3v) is 3.58. The van der Waals surface area contributed by atoms with Gasteiger partial charge in [0.05, 0.1) is 13.2 Å². The molecule has 0 radical (unpaired) electrons. The summed E-state index contributed by atoms with van der Waals surface area (Å²) in [4.78, 5) is 0. The number of unbranched alkanes of at least 4 members (excludes halogenated alkanes) is 2. The average Bonchev–Trinajstić information content (AvgIpc) is 2.25. The molecule has 0 aliphatic carbocycles. The Labute approximate surface area is 102 Å². The monoisotopic (exact) mass is 230 g/mol. The highest BCUT2D eigenvalue weighted by Gasteiger charge is 2.32. The molecule has 0 spiro atoms. The van der Waals surface area contributed by atoms with E-state index < -0.39 is 0 Å². The molecular weight excluding hydrogens is 200 g/mol. The van der Waals surface area contributed by atoms with Gasteiger partial charge in [-0.2, -0.15) is 0 Å². The van der Waals surface area contributed by atoms with Crippen LogP contribution in [0.3, 0.4) is 0 Å². The van der Waals surface area contributed by atoms with Crippen molar-refractivity contribution in [3.05, 3.63) is 0 Å². The fourth-order valence-electron chi connectivity index (χ4n) is 2.62. The minimum absolute atomic E-state index is 0.173.